The molecule has 4 heterocycles. The molecule has 5 rings (SSSR count). The molecule has 3 aliphatic rings. The van der Waals surface area contributed by atoms with Crippen molar-refractivity contribution in [3.63, 3.8) is 0 Å². The molecule has 2 saturated heterocycles. The van der Waals surface area contributed by atoms with Gasteiger partial charge in [-0.25, -0.2) is 9.97 Å². The molecule has 0 spiro atoms. The number of nitrogens with zero attached hydrogens (tertiary/aromatic N) is 3. The average Bonchev–Trinajstić information content (AvgIpc) is 2.70. The van der Waals surface area contributed by atoms with Crippen LogP contribution in [0.4, 0.5) is 5.82 Å². The molecule has 0 aliphatic carbocycles. The van der Waals surface area contributed by atoms with E-state index in [9.17, 15) is 0 Å². The lowest BCUT2D eigenvalue weighted by Crippen LogP contribution is -2.56. The van der Waals surface area contributed by atoms with Gasteiger partial charge in [0.25, 0.3) is 0 Å². The van der Waals surface area contributed by atoms with Crippen molar-refractivity contribution in [3.8, 4) is 17.1 Å². The Labute approximate surface area is 177 Å². The minimum absolute atomic E-state index is 0.172. The molecule has 30 heavy (non-hydrogen) atoms. The van der Waals surface area contributed by atoms with Gasteiger partial charge in [0, 0.05) is 11.0 Å². The van der Waals surface area contributed by atoms with Gasteiger partial charge in [0.2, 0.25) is 0 Å². The zero-order valence-electron chi connectivity index (χ0n) is 18.1. The van der Waals surface area contributed by atoms with Crippen LogP contribution in [0.2, 0.25) is 0 Å². The van der Waals surface area contributed by atoms with Gasteiger partial charge in [-0.05, 0) is 12.5 Å². The fourth-order valence-electron chi connectivity index (χ4n) is 4.41. The molecule has 1 aromatic carbocycles. The number of hydrogen-bond acceptors (Lipinski definition) is 7. The van der Waals surface area contributed by atoms with Crippen molar-refractivity contribution in [2.24, 2.45) is 5.73 Å². The number of nitrogens with two attached hydrogens (primary N) is 1. The molecular formula is C23H30N4O3. The summed E-state index contributed by atoms with van der Waals surface area (Å²) in [5.74, 6) is 2.40. The van der Waals surface area contributed by atoms with Crippen LogP contribution in [-0.2, 0) is 20.4 Å². The second kappa shape index (κ2) is 6.90. The maximum atomic E-state index is 6.38. The maximum absolute atomic E-state index is 6.38. The van der Waals surface area contributed by atoms with Gasteiger partial charge in [0.15, 0.2) is 17.4 Å². The van der Waals surface area contributed by atoms with Gasteiger partial charge in [-0.1, -0.05) is 45.0 Å². The first-order valence-corrected chi connectivity index (χ1v) is 10.7. The third kappa shape index (κ3) is 3.16. The topological polar surface area (TPSA) is 82.7 Å². The van der Waals surface area contributed by atoms with Crippen LogP contribution in [0.25, 0.3) is 11.4 Å². The molecule has 160 valence electrons. The lowest BCUT2D eigenvalue weighted by atomic mass is 9.88. The van der Waals surface area contributed by atoms with Crippen molar-refractivity contribution in [1.29, 1.82) is 0 Å². The summed E-state index contributed by atoms with van der Waals surface area (Å²) in [6, 6.07) is 8.65. The summed E-state index contributed by atoms with van der Waals surface area (Å²) >= 11 is 0. The molecule has 2 fully saturated rings. The second-order valence-electron chi connectivity index (χ2n) is 9.78. The van der Waals surface area contributed by atoms with E-state index in [4.69, 9.17) is 29.9 Å². The number of fused-ring (bicyclic) bond motifs is 3. The van der Waals surface area contributed by atoms with Crippen LogP contribution in [0.15, 0.2) is 24.3 Å². The van der Waals surface area contributed by atoms with Crippen molar-refractivity contribution in [1.82, 2.24) is 9.97 Å². The third-order valence-corrected chi connectivity index (χ3v) is 6.20. The van der Waals surface area contributed by atoms with Crippen LogP contribution >= 0.6 is 0 Å². The molecule has 3 aliphatic heterocycles. The number of anilines is 1. The van der Waals surface area contributed by atoms with E-state index in [1.54, 1.807) is 0 Å². The van der Waals surface area contributed by atoms with Gasteiger partial charge in [0.1, 0.15) is 6.61 Å². The standard InChI is InChI=1S/C23H30N4O3/c1-14-9-28-10-17-11-30-18-19(22(2,3)4)25-20(26-21(18)27(14)17)15-5-7-16(8-6-15)23(24)12-29-13-23/h5-8,14,17H,9-13,24H2,1-4H3/t14-,17+/m1/s1. The van der Waals surface area contributed by atoms with E-state index in [0.717, 1.165) is 28.4 Å². The highest BCUT2D eigenvalue weighted by Gasteiger charge is 2.40. The summed E-state index contributed by atoms with van der Waals surface area (Å²) in [6.07, 6.45) is 0. The molecule has 1 aromatic heterocycles. The molecule has 0 unspecified atom stereocenters. The highest BCUT2D eigenvalue weighted by molar-refractivity contribution is 5.66. The van der Waals surface area contributed by atoms with E-state index >= 15 is 0 Å². The number of benzene rings is 1. The van der Waals surface area contributed by atoms with Crippen molar-refractivity contribution < 1.29 is 14.2 Å². The number of hydrogen-bond donors (Lipinski definition) is 1. The van der Waals surface area contributed by atoms with Crippen molar-refractivity contribution in [3.05, 3.63) is 35.5 Å². The van der Waals surface area contributed by atoms with E-state index in [1.807, 2.05) is 0 Å². The Morgan fingerprint density at radius 2 is 1.77 bits per heavy atom. The summed E-state index contributed by atoms with van der Waals surface area (Å²) in [6.45, 7) is 11.7. The Kier molecular flexibility index (Phi) is 4.54. The highest BCUT2D eigenvalue weighted by Crippen LogP contribution is 2.43. The Morgan fingerprint density at radius 3 is 2.40 bits per heavy atom. The second-order valence-corrected chi connectivity index (χ2v) is 9.78. The quantitative estimate of drug-likeness (QED) is 0.815. The highest BCUT2D eigenvalue weighted by atomic mass is 16.5. The third-order valence-electron chi connectivity index (χ3n) is 6.20. The predicted molar refractivity (Wildman–Crippen MR) is 115 cm³/mol. The predicted octanol–water partition coefficient (Wildman–Crippen LogP) is 2.61. The number of morpholine rings is 1. The van der Waals surface area contributed by atoms with Crippen molar-refractivity contribution >= 4 is 5.82 Å². The minimum atomic E-state index is -0.379. The zero-order chi connectivity index (χ0) is 21.1. The summed E-state index contributed by atoms with van der Waals surface area (Å²) < 4.78 is 17.3. The molecule has 0 radical (unpaired) electrons. The number of ether oxygens (including phenoxy) is 3. The van der Waals surface area contributed by atoms with Gasteiger partial charge in [0.05, 0.1) is 49.7 Å². The van der Waals surface area contributed by atoms with Crippen molar-refractivity contribution in [2.75, 3.05) is 37.9 Å². The first-order valence-electron chi connectivity index (χ1n) is 10.7. The SMILES string of the molecule is C[C@@H]1COC[C@H]2COc3c(nc(-c4ccc(C5(N)COC5)cc4)nc3C(C)(C)C)N21. The summed E-state index contributed by atoms with van der Waals surface area (Å²) in [7, 11) is 0. The van der Waals surface area contributed by atoms with Crippen LogP contribution < -0.4 is 15.4 Å². The van der Waals surface area contributed by atoms with Gasteiger partial charge < -0.3 is 24.8 Å². The normalized spacial score (nSPS) is 25.0. The maximum Gasteiger partial charge on any atom is 0.184 e. The molecule has 7 nitrogen and oxygen atoms in total. The lowest BCUT2D eigenvalue weighted by Gasteiger charge is -2.45. The van der Waals surface area contributed by atoms with Crippen LogP contribution in [0.5, 0.6) is 5.75 Å². The first kappa shape index (κ1) is 19.7. The van der Waals surface area contributed by atoms with Crippen LogP contribution in [0, 0.1) is 0 Å². The van der Waals surface area contributed by atoms with Gasteiger partial charge >= 0.3 is 0 Å². The minimum Gasteiger partial charge on any atom is -0.486 e. The lowest BCUT2D eigenvalue weighted by molar-refractivity contribution is -0.0569. The monoisotopic (exact) mass is 410 g/mol. The molecule has 2 aromatic rings. The Hall–Kier alpha value is -2.22. The Morgan fingerprint density at radius 1 is 1.03 bits per heavy atom. The largest absolute Gasteiger partial charge is 0.486 e. The molecule has 7 heteroatoms. The van der Waals surface area contributed by atoms with Crippen molar-refractivity contribution in [2.45, 2.75) is 50.7 Å². The van der Waals surface area contributed by atoms with E-state index in [0.29, 0.717) is 38.9 Å². The Bertz CT molecular complexity index is 950. The fraction of sp³-hybridized carbons (Fsp3) is 0.565. The molecule has 2 atom stereocenters. The van der Waals surface area contributed by atoms with Crippen LogP contribution in [-0.4, -0.2) is 55.1 Å². The zero-order valence-corrected chi connectivity index (χ0v) is 18.1. The van der Waals surface area contributed by atoms with Crippen LogP contribution in [0.3, 0.4) is 0 Å². The van der Waals surface area contributed by atoms with E-state index in [1.165, 1.54) is 0 Å². The van der Waals surface area contributed by atoms with Crippen LogP contribution in [0.1, 0.15) is 39.0 Å². The van der Waals surface area contributed by atoms with E-state index in [-0.39, 0.29) is 23.0 Å². The van der Waals surface area contributed by atoms with E-state index < -0.39 is 0 Å². The fourth-order valence-corrected chi connectivity index (χ4v) is 4.41. The summed E-state index contributed by atoms with van der Waals surface area (Å²) in [5, 5.41) is 0. The van der Waals surface area contributed by atoms with Gasteiger partial charge in [-0.15, -0.1) is 0 Å². The summed E-state index contributed by atoms with van der Waals surface area (Å²) in [5.41, 5.74) is 8.82. The van der Waals surface area contributed by atoms with Gasteiger partial charge in [-0.3, -0.25) is 0 Å². The van der Waals surface area contributed by atoms with E-state index in [2.05, 4.69) is 56.9 Å². The summed E-state index contributed by atoms with van der Waals surface area (Å²) in [4.78, 5) is 12.3. The smallest absolute Gasteiger partial charge is 0.184 e. The molecule has 0 saturated carbocycles. The van der Waals surface area contributed by atoms with Gasteiger partial charge in [-0.2, -0.15) is 0 Å². The first-order chi connectivity index (χ1) is 14.3. The number of rotatable bonds is 2. The average molecular weight is 411 g/mol. The molecule has 0 amide bonds. The molecular weight excluding hydrogens is 380 g/mol. The molecule has 2 N–H and O–H groups in total. The number of aromatic nitrogens is 2. The molecule has 0 bridgehead atoms. The Balaban J connectivity index is 1.60.